The Balaban J connectivity index is 1.49. The molecular weight excluding hydrogens is 456 g/mol. The van der Waals surface area contributed by atoms with Gasteiger partial charge in [0, 0.05) is 44.4 Å². The number of hydrogen-bond acceptors (Lipinski definition) is 6. The van der Waals surface area contributed by atoms with Gasteiger partial charge in [-0.05, 0) is 31.5 Å². The summed E-state index contributed by atoms with van der Waals surface area (Å²) in [6.07, 6.45) is 2.89. The van der Waals surface area contributed by atoms with Gasteiger partial charge in [-0.2, -0.15) is 5.10 Å². The molecule has 0 spiro atoms. The van der Waals surface area contributed by atoms with Crippen LogP contribution in [-0.4, -0.2) is 81.1 Å². The summed E-state index contributed by atoms with van der Waals surface area (Å²) < 4.78 is 34.5. The summed E-state index contributed by atoms with van der Waals surface area (Å²) in [6, 6.07) is 4.31. The molecule has 1 aliphatic rings. The molecule has 1 fully saturated rings. The number of alkyl halides is 1. The number of nitrogens with zero attached hydrogens (tertiary/aromatic N) is 5. The summed E-state index contributed by atoms with van der Waals surface area (Å²) in [7, 11) is 1.57. The number of nitrogens with one attached hydrogen (secondary N) is 2. The summed E-state index contributed by atoms with van der Waals surface area (Å²) >= 11 is 0. The van der Waals surface area contributed by atoms with E-state index in [1.807, 2.05) is 11.8 Å². The number of benzene rings is 1. The van der Waals surface area contributed by atoms with Crippen LogP contribution in [0.4, 0.5) is 8.78 Å². The highest BCUT2D eigenvalue weighted by molar-refractivity contribution is 6.05. The molecule has 1 aliphatic heterocycles. The lowest BCUT2D eigenvalue weighted by molar-refractivity contribution is 0.0907. The van der Waals surface area contributed by atoms with Crippen LogP contribution in [0.15, 0.2) is 30.6 Å². The molecule has 2 atom stereocenters. The maximum atomic E-state index is 14.1. The summed E-state index contributed by atoms with van der Waals surface area (Å²) in [4.78, 5) is 26.9. The molecule has 0 aliphatic carbocycles. The summed E-state index contributed by atoms with van der Waals surface area (Å²) in [5.41, 5.74) is 2.89. The molecule has 0 saturated carbocycles. The SMILES string of the molecule is COC[C@H](C)NC(=O)c1c[nH]c2ncc(-c3nn(CCN4CC[C@H](F)C4)c4cc(F)ccc34)nc12. The van der Waals surface area contributed by atoms with Gasteiger partial charge in [-0.3, -0.25) is 14.4 Å². The summed E-state index contributed by atoms with van der Waals surface area (Å²) in [5, 5.41) is 8.32. The van der Waals surface area contributed by atoms with Gasteiger partial charge < -0.3 is 15.0 Å². The zero-order valence-corrected chi connectivity index (χ0v) is 19.6. The van der Waals surface area contributed by atoms with Crippen molar-refractivity contribution < 1.29 is 18.3 Å². The predicted molar refractivity (Wildman–Crippen MR) is 127 cm³/mol. The zero-order valence-electron chi connectivity index (χ0n) is 19.6. The molecule has 35 heavy (non-hydrogen) atoms. The first-order valence-electron chi connectivity index (χ1n) is 11.6. The van der Waals surface area contributed by atoms with Gasteiger partial charge in [0.2, 0.25) is 0 Å². The molecule has 1 amide bonds. The zero-order chi connectivity index (χ0) is 24.5. The number of likely N-dealkylation sites (tertiary alicyclic amines) is 1. The Kier molecular flexibility index (Phi) is 6.44. The fourth-order valence-corrected chi connectivity index (χ4v) is 4.50. The first-order valence-corrected chi connectivity index (χ1v) is 11.6. The minimum Gasteiger partial charge on any atom is -0.383 e. The van der Waals surface area contributed by atoms with Crippen molar-refractivity contribution >= 4 is 28.0 Å². The topological polar surface area (TPSA) is 101 Å². The number of carbonyl (C=O) groups excluding carboxylic acids is 1. The predicted octanol–water partition coefficient (Wildman–Crippen LogP) is 2.92. The third kappa shape index (κ3) is 4.73. The number of hydrogen-bond donors (Lipinski definition) is 2. The molecule has 5 rings (SSSR count). The van der Waals surface area contributed by atoms with E-state index in [-0.39, 0.29) is 17.8 Å². The number of aromatic nitrogens is 5. The number of fused-ring (bicyclic) bond motifs is 2. The number of H-pyrrole nitrogens is 1. The second kappa shape index (κ2) is 9.67. The van der Waals surface area contributed by atoms with Crippen LogP contribution in [0.2, 0.25) is 0 Å². The van der Waals surface area contributed by atoms with Crippen LogP contribution < -0.4 is 5.32 Å². The van der Waals surface area contributed by atoms with E-state index in [0.29, 0.717) is 72.8 Å². The Morgan fingerprint density at radius 1 is 1.37 bits per heavy atom. The van der Waals surface area contributed by atoms with Crippen molar-refractivity contribution in [1.82, 2.24) is 34.9 Å². The second-order valence-electron chi connectivity index (χ2n) is 8.90. The lowest BCUT2D eigenvalue weighted by Crippen LogP contribution is -2.35. The Bertz CT molecular complexity index is 1370. The van der Waals surface area contributed by atoms with Crippen LogP contribution in [0.3, 0.4) is 0 Å². The summed E-state index contributed by atoms with van der Waals surface area (Å²) in [5.74, 6) is -0.659. The lowest BCUT2D eigenvalue weighted by Gasteiger charge is -2.14. The average molecular weight is 484 g/mol. The highest BCUT2D eigenvalue weighted by atomic mass is 19.1. The monoisotopic (exact) mass is 483 g/mol. The van der Waals surface area contributed by atoms with E-state index in [0.717, 1.165) is 5.39 Å². The molecular formula is C24H27F2N7O2. The van der Waals surface area contributed by atoms with Crippen molar-refractivity contribution in [3.63, 3.8) is 0 Å². The number of carbonyl (C=O) groups is 1. The van der Waals surface area contributed by atoms with Gasteiger partial charge in [-0.25, -0.2) is 18.7 Å². The van der Waals surface area contributed by atoms with E-state index in [1.165, 1.54) is 12.1 Å². The molecule has 9 nitrogen and oxygen atoms in total. The van der Waals surface area contributed by atoms with Gasteiger partial charge in [0.15, 0.2) is 5.65 Å². The number of halogens is 2. The molecule has 4 heterocycles. The van der Waals surface area contributed by atoms with Crippen molar-refractivity contribution in [1.29, 1.82) is 0 Å². The molecule has 0 radical (unpaired) electrons. The first-order chi connectivity index (χ1) is 16.9. The van der Waals surface area contributed by atoms with Gasteiger partial charge in [-0.15, -0.1) is 0 Å². The van der Waals surface area contributed by atoms with Crippen molar-refractivity contribution in [2.75, 3.05) is 33.4 Å². The van der Waals surface area contributed by atoms with Crippen LogP contribution in [0, 0.1) is 5.82 Å². The maximum absolute atomic E-state index is 14.1. The molecule has 184 valence electrons. The Morgan fingerprint density at radius 3 is 3.00 bits per heavy atom. The molecule has 2 N–H and O–H groups in total. The van der Waals surface area contributed by atoms with Crippen molar-refractivity contribution in [3.05, 3.63) is 42.0 Å². The lowest BCUT2D eigenvalue weighted by atomic mass is 10.1. The standard InChI is InChI=1S/C24H27F2N7O2/c1-14(13-35-2)29-24(34)18-10-27-23-22(18)30-19(11-28-23)21-17-4-3-15(25)9-20(17)33(31-21)8-7-32-6-5-16(26)12-32/h3-4,9-11,14,16H,5-8,12-13H2,1-2H3,(H,27,28)(H,29,34)/t14-,16-/m0/s1. The van der Waals surface area contributed by atoms with E-state index in [9.17, 15) is 13.6 Å². The number of rotatable bonds is 8. The minimum atomic E-state index is -0.801. The van der Waals surface area contributed by atoms with E-state index < -0.39 is 6.17 Å². The first kappa shape index (κ1) is 23.3. The number of ether oxygens (including phenoxy) is 1. The van der Waals surface area contributed by atoms with Gasteiger partial charge >= 0.3 is 0 Å². The highest BCUT2D eigenvalue weighted by Crippen LogP contribution is 2.29. The number of methoxy groups -OCH3 is 1. The molecule has 0 unspecified atom stereocenters. The Hall–Kier alpha value is -3.44. The number of amides is 1. The largest absolute Gasteiger partial charge is 0.383 e. The van der Waals surface area contributed by atoms with Gasteiger partial charge in [-0.1, -0.05) is 0 Å². The van der Waals surface area contributed by atoms with E-state index >= 15 is 0 Å². The Labute approximate surface area is 200 Å². The molecule has 4 aromatic rings. The van der Waals surface area contributed by atoms with E-state index in [2.05, 4.69) is 15.3 Å². The van der Waals surface area contributed by atoms with Gasteiger partial charge in [0.05, 0.1) is 30.4 Å². The molecule has 1 saturated heterocycles. The Morgan fingerprint density at radius 2 is 2.23 bits per heavy atom. The minimum absolute atomic E-state index is 0.175. The van der Waals surface area contributed by atoms with E-state index in [1.54, 1.807) is 30.3 Å². The van der Waals surface area contributed by atoms with Gasteiger partial charge in [0.25, 0.3) is 5.91 Å². The fraction of sp³-hybridized carbons (Fsp3) is 0.417. The summed E-state index contributed by atoms with van der Waals surface area (Å²) in [6.45, 7) is 4.43. The molecule has 3 aromatic heterocycles. The quantitative estimate of drug-likeness (QED) is 0.400. The third-order valence-electron chi connectivity index (χ3n) is 6.22. The fourth-order valence-electron chi connectivity index (χ4n) is 4.50. The van der Waals surface area contributed by atoms with Crippen LogP contribution in [0.5, 0.6) is 0 Å². The van der Waals surface area contributed by atoms with Crippen molar-refractivity contribution in [2.24, 2.45) is 0 Å². The third-order valence-corrected chi connectivity index (χ3v) is 6.22. The molecule has 0 bridgehead atoms. The molecule has 1 aromatic carbocycles. The average Bonchev–Trinajstić information content (AvgIpc) is 3.53. The maximum Gasteiger partial charge on any atom is 0.255 e. The highest BCUT2D eigenvalue weighted by Gasteiger charge is 2.23. The second-order valence-corrected chi connectivity index (χ2v) is 8.90. The van der Waals surface area contributed by atoms with Crippen molar-refractivity contribution in [3.8, 4) is 11.4 Å². The number of aromatic amines is 1. The smallest absolute Gasteiger partial charge is 0.255 e. The van der Waals surface area contributed by atoms with Gasteiger partial charge in [0.1, 0.15) is 28.9 Å². The normalized spacial score (nSPS) is 17.4. The van der Waals surface area contributed by atoms with Crippen LogP contribution in [0.25, 0.3) is 33.5 Å². The van der Waals surface area contributed by atoms with E-state index in [4.69, 9.17) is 14.8 Å². The van der Waals surface area contributed by atoms with Crippen LogP contribution in [-0.2, 0) is 11.3 Å². The molecule has 11 heteroatoms. The van der Waals surface area contributed by atoms with Crippen molar-refractivity contribution in [2.45, 2.75) is 32.1 Å². The van der Waals surface area contributed by atoms with Crippen LogP contribution in [0.1, 0.15) is 23.7 Å². The van der Waals surface area contributed by atoms with Crippen LogP contribution >= 0.6 is 0 Å².